The fraction of sp³-hybridized carbons (Fsp3) is 0.714. The zero-order valence-electron chi connectivity index (χ0n) is 7.66. The molecule has 4 nitrogen and oxygen atoms in total. The van der Waals surface area contributed by atoms with Gasteiger partial charge in [-0.25, -0.2) is 0 Å². The summed E-state index contributed by atoms with van der Waals surface area (Å²) >= 11 is 0.562. The standard InChI is InChI=1S/C7H9F3N4S/c8-7(9,10)5-12-13-6(15-5)14-2-1-4(11)3-14/h4H,1-3,11H2. The molecule has 1 saturated heterocycles. The maximum Gasteiger partial charge on any atom is 0.445 e. The van der Waals surface area contributed by atoms with Gasteiger partial charge in [-0.05, 0) is 6.42 Å². The maximum absolute atomic E-state index is 12.2. The van der Waals surface area contributed by atoms with Crippen molar-refractivity contribution in [3.05, 3.63) is 5.01 Å². The highest BCUT2D eigenvalue weighted by Gasteiger charge is 2.36. The molecular weight excluding hydrogens is 229 g/mol. The van der Waals surface area contributed by atoms with Gasteiger partial charge in [0.2, 0.25) is 10.1 Å². The minimum absolute atomic E-state index is 0.0169. The lowest BCUT2D eigenvalue weighted by Crippen LogP contribution is -2.26. The van der Waals surface area contributed by atoms with Gasteiger partial charge in [0, 0.05) is 19.1 Å². The zero-order valence-corrected chi connectivity index (χ0v) is 8.48. The molecule has 15 heavy (non-hydrogen) atoms. The summed E-state index contributed by atoms with van der Waals surface area (Å²) in [6, 6.07) is 0.0169. The summed E-state index contributed by atoms with van der Waals surface area (Å²) in [4.78, 5) is 1.73. The molecule has 2 heterocycles. The van der Waals surface area contributed by atoms with E-state index in [1.54, 1.807) is 4.90 Å². The van der Waals surface area contributed by atoms with Crippen LogP contribution in [0.25, 0.3) is 0 Å². The van der Waals surface area contributed by atoms with E-state index in [0.717, 1.165) is 6.42 Å². The molecule has 84 valence electrons. The van der Waals surface area contributed by atoms with E-state index in [0.29, 0.717) is 29.6 Å². The van der Waals surface area contributed by atoms with Crippen LogP contribution < -0.4 is 10.6 Å². The average molecular weight is 238 g/mol. The van der Waals surface area contributed by atoms with Gasteiger partial charge in [0.15, 0.2) is 0 Å². The van der Waals surface area contributed by atoms with Crippen molar-refractivity contribution in [3.8, 4) is 0 Å². The van der Waals surface area contributed by atoms with Crippen LogP contribution in [-0.4, -0.2) is 29.3 Å². The smallest absolute Gasteiger partial charge is 0.345 e. The van der Waals surface area contributed by atoms with Crippen LogP contribution in [0.3, 0.4) is 0 Å². The van der Waals surface area contributed by atoms with Crippen LogP contribution in [0.1, 0.15) is 11.4 Å². The Morgan fingerprint density at radius 1 is 1.40 bits per heavy atom. The van der Waals surface area contributed by atoms with Crippen molar-refractivity contribution in [2.24, 2.45) is 5.73 Å². The Bertz CT molecular complexity index is 350. The summed E-state index contributed by atoms with van der Waals surface area (Å²) < 4.78 is 36.7. The molecule has 1 unspecified atom stereocenters. The molecule has 0 saturated carbocycles. The van der Waals surface area contributed by atoms with Crippen molar-refractivity contribution >= 4 is 16.5 Å². The van der Waals surface area contributed by atoms with Gasteiger partial charge in [-0.1, -0.05) is 11.3 Å². The second-order valence-corrected chi connectivity index (χ2v) is 4.34. The Morgan fingerprint density at radius 3 is 2.60 bits per heavy atom. The van der Waals surface area contributed by atoms with Crippen molar-refractivity contribution in [3.63, 3.8) is 0 Å². The molecule has 0 amide bonds. The summed E-state index contributed by atoms with van der Waals surface area (Å²) in [5.41, 5.74) is 5.65. The third-order valence-electron chi connectivity index (χ3n) is 2.15. The topological polar surface area (TPSA) is 55.0 Å². The lowest BCUT2D eigenvalue weighted by atomic mass is 10.3. The van der Waals surface area contributed by atoms with E-state index in [1.807, 2.05) is 0 Å². The lowest BCUT2D eigenvalue weighted by molar-refractivity contribution is -0.138. The van der Waals surface area contributed by atoms with E-state index in [9.17, 15) is 13.2 Å². The number of halogens is 3. The SMILES string of the molecule is NC1CCN(c2nnc(C(F)(F)F)s2)C1. The fourth-order valence-electron chi connectivity index (χ4n) is 1.42. The molecule has 1 aromatic heterocycles. The predicted molar refractivity (Wildman–Crippen MR) is 49.7 cm³/mol. The van der Waals surface area contributed by atoms with Crippen LogP contribution in [0.5, 0.6) is 0 Å². The molecule has 1 aliphatic rings. The highest BCUT2D eigenvalue weighted by atomic mass is 32.1. The quantitative estimate of drug-likeness (QED) is 0.795. The monoisotopic (exact) mass is 238 g/mol. The van der Waals surface area contributed by atoms with E-state index in [2.05, 4.69) is 10.2 Å². The highest BCUT2D eigenvalue weighted by Crippen LogP contribution is 2.34. The number of rotatable bonds is 1. The van der Waals surface area contributed by atoms with Crippen molar-refractivity contribution in [1.82, 2.24) is 10.2 Å². The Morgan fingerprint density at radius 2 is 2.13 bits per heavy atom. The van der Waals surface area contributed by atoms with E-state index < -0.39 is 11.2 Å². The van der Waals surface area contributed by atoms with E-state index in [1.165, 1.54) is 0 Å². The first-order chi connectivity index (χ1) is 6.97. The summed E-state index contributed by atoms with van der Waals surface area (Å²) in [5, 5.41) is 6.03. The molecule has 1 aromatic rings. The second kappa shape index (κ2) is 3.60. The van der Waals surface area contributed by atoms with Gasteiger partial charge >= 0.3 is 6.18 Å². The molecule has 2 rings (SSSR count). The predicted octanol–water partition coefficient (Wildman–Crippen LogP) is 1.09. The summed E-state index contributed by atoms with van der Waals surface area (Å²) in [6.45, 7) is 1.19. The van der Waals surface area contributed by atoms with Crippen LogP contribution in [0.15, 0.2) is 0 Å². The summed E-state index contributed by atoms with van der Waals surface area (Å²) in [5.74, 6) is 0. The lowest BCUT2D eigenvalue weighted by Gasteiger charge is -2.12. The number of nitrogens with zero attached hydrogens (tertiary/aromatic N) is 3. The molecule has 0 bridgehead atoms. The number of alkyl halides is 3. The Labute approximate surface area is 87.9 Å². The van der Waals surface area contributed by atoms with E-state index in [-0.39, 0.29) is 6.04 Å². The first-order valence-electron chi connectivity index (χ1n) is 4.38. The van der Waals surface area contributed by atoms with Gasteiger partial charge in [-0.3, -0.25) is 0 Å². The molecule has 0 spiro atoms. The second-order valence-electron chi connectivity index (χ2n) is 3.38. The number of nitrogens with two attached hydrogens (primary N) is 1. The molecule has 2 N–H and O–H groups in total. The van der Waals surface area contributed by atoms with Gasteiger partial charge in [0.1, 0.15) is 0 Å². The van der Waals surface area contributed by atoms with Crippen LogP contribution in [0.2, 0.25) is 0 Å². The summed E-state index contributed by atoms with van der Waals surface area (Å²) in [7, 11) is 0. The van der Waals surface area contributed by atoms with Gasteiger partial charge in [-0.2, -0.15) is 13.2 Å². The number of hydrogen-bond acceptors (Lipinski definition) is 5. The molecule has 0 aromatic carbocycles. The number of anilines is 1. The van der Waals surface area contributed by atoms with Crippen molar-refractivity contribution in [2.75, 3.05) is 18.0 Å². The largest absolute Gasteiger partial charge is 0.445 e. The van der Waals surface area contributed by atoms with Crippen molar-refractivity contribution < 1.29 is 13.2 Å². The minimum atomic E-state index is -4.41. The third kappa shape index (κ3) is 2.20. The number of hydrogen-bond donors (Lipinski definition) is 1. The molecule has 0 radical (unpaired) electrons. The Balaban J connectivity index is 2.14. The highest BCUT2D eigenvalue weighted by molar-refractivity contribution is 7.15. The van der Waals surface area contributed by atoms with Gasteiger partial charge in [0.05, 0.1) is 0 Å². The molecular formula is C7H9F3N4S. The maximum atomic E-state index is 12.2. The first kappa shape index (κ1) is 10.6. The molecule has 1 aliphatic heterocycles. The van der Waals surface area contributed by atoms with Crippen molar-refractivity contribution in [1.29, 1.82) is 0 Å². The number of aromatic nitrogens is 2. The third-order valence-corrected chi connectivity index (χ3v) is 3.18. The van der Waals surface area contributed by atoms with Gasteiger partial charge < -0.3 is 10.6 Å². The van der Waals surface area contributed by atoms with Crippen LogP contribution in [0, 0.1) is 0 Å². The fourth-order valence-corrected chi connectivity index (χ4v) is 2.17. The normalized spacial score (nSPS) is 22.4. The van der Waals surface area contributed by atoms with E-state index in [4.69, 9.17) is 5.73 Å². The van der Waals surface area contributed by atoms with E-state index >= 15 is 0 Å². The average Bonchev–Trinajstić information content (AvgIpc) is 2.69. The van der Waals surface area contributed by atoms with Crippen LogP contribution in [0.4, 0.5) is 18.3 Å². The summed E-state index contributed by atoms with van der Waals surface area (Å²) in [6.07, 6.45) is -3.63. The first-order valence-corrected chi connectivity index (χ1v) is 5.19. The molecule has 8 heteroatoms. The Kier molecular flexibility index (Phi) is 2.55. The van der Waals surface area contributed by atoms with Crippen LogP contribution >= 0.6 is 11.3 Å². The molecule has 1 atom stereocenters. The Hall–Kier alpha value is -0.890. The van der Waals surface area contributed by atoms with Gasteiger partial charge in [0.25, 0.3) is 0 Å². The van der Waals surface area contributed by atoms with Crippen LogP contribution in [-0.2, 0) is 6.18 Å². The minimum Gasteiger partial charge on any atom is -0.345 e. The molecule has 0 aliphatic carbocycles. The molecule has 1 fully saturated rings. The van der Waals surface area contributed by atoms with Gasteiger partial charge in [-0.15, -0.1) is 10.2 Å². The zero-order chi connectivity index (χ0) is 11.1. The van der Waals surface area contributed by atoms with Crippen molar-refractivity contribution in [2.45, 2.75) is 18.6 Å².